The maximum Gasteiger partial charge on any atom is 0.175 e. The lowest BCUT2D eigenvalue weighted by molar-refractivity contribution is 0.602. The lowest BCUT2D eigenvalue weighted by Crippen LogP contribution is -1.96. The van der Waals surface area contributed by atoms with Gasteiger partial charge in [0, 0.05) is 11.8 Å². The van der Waals surface area contributed by atoms with Crippen molar-refractivity contribution in [3.05, 3.63) is 59.3 Å². The molecule has 0 aliphatic rings. The maximum absolute atomic E-state index is 11.7. The number of imidazole rings is 1. The largest absolute Gasteiger partial charge is 0.338 e. The van der Waals surface area contributed by atoms with Gasteiger partial charge >= 0.3 is 0 Å². The number of hydrogen-bond donors (Lipinski definition) is 1. The summed E-state index contributed by atoms with van der Waals surface area (Å²) in [5.41, 5.74) is 4.80. The summed E-state index contributed by atoms with van der Waals surface area (Å²) in [6.07, 6.45) is 1.20. The molecule has 4 aromatic rings. The highest BCUT2D eigenvalue weighted by Gasteiger charge is 2.11. The van der Waals surface area contributed by atoms with Crippen molar-refractivity contribution >= 4 is 32.2 Å². The molecule has 0 aliphatic heterocycles. The number of sulfone groups is 1. The summed E-state index contributed by atoms with van der Waals surface area (Å²) in [5.74, 6) is 0.729. The number of nitrogens with zero attached hydrogens (tertiary/aromatic N) is 1. The van der Waals surface area contributed by atoms with Gasteiger partial charge in [-0.1, -0.05) is 24.3 Å². The Kier molecular flexibility index (Phi) is 3.51. The number of aromatic amines is 1. The Balaban J connectivity index is 1.74. The predicted molar refractivity (Wildman–Crippen MR) is 98.0 cm³/mol. The van der Waals surface area contributed by atoms with E-state index in [1.165, 1.54) is 11.8 Å². The second kappa shape index (κ2) is 5.58. The Labute approximate surface area is 143 Å². The van der Waals surface area contributed by atoms with Crippen LogP contribution in [-0.2, 0) is 9.84 Å². The molecule has 2 aromatic carbocycles. The molecule has 1 N–H and O–H groups in total. The summed E-state index contributed by atoms with van der Waals surface area (Å²) in [4.78, 5) is 8.05. The fourth-order valence-corrected chi connectivity index (χ4v) is 3.92. The Morgan fingerprint density at radius 2 is 1.71 bits per heavy atom. The van der Waals surface area contributed by atoms with Crippen LogP contribution in [0.2, 0.25) is 0 Å². The highest BCUT2D eigenvalue weighted by Crippen LogP contribution is 2.27. The zero-order valence-electron chi connectivity index (χ0n) is 12.9. The van der Waals surface area contributed by atoms with Gasteiger partial charge in [-0.25, -0.2) is 13.4 Å². The molecule has 4 nitrogen and oxygen atoms in total. The zero-order chi connectivity index (χ0) is 16.7. The summed E-state index contributed by atoms with van der Waals surface area (Å²) in [6.45, 7) is 0. The zero-order valence-corrected chi connectivity index (χ0v) is 14.5. The third kappa shape index (κ3) is 2.74. The minimum Gasteiger partial charge on any atom is -0.338 e. The van der Waals surface area contributed by atoms with E-state index in [2.05, 4.69) is 38.9 Å². The van der Waals surface area contributed by atoms with Crippen molar-refractivity contribution in [1.82, 2.24) is 9.97 Å². The summed E-state index contributed by atoms with van der Waals surface area (Å²) in [5, 5.41) is 4.17. The number of nitrogens with one attached hydrogen (secondary N) is 1. The molecule has 2 aromatic heterocycles. The first kappa shape index (κ1) is 15.1. The lowest BCUT2D eigenvalue weighted by Gasteiger charge is -2.00. The molecule has 0 unspecified atom stereocenters. The van der Waals surface area contributed by atoms with Crippen LogP contribution in [0.1, 0.15) is 0 Å². The topological polar surface area (TPSA) is 62.8 Å². The van der Waals surface area contributed by atoms with Gasteiger partial charge in [0.2, 0.25) is 0 Å². The quantitative estimate of drug-likeness (QED) is 0.594. The first-order valence-electron chi connectivity index (χ1n) is 7.33. The van der Waals surface area contributed by atoms with E-state index in [0.717, 1.165) is 28.0 Å². The molecule has 0 spiro atoms. The predicted octanol–water partition coefficient (Wildman–Crippen LogP) is 4.36. The van der Waals surface area contributed by atoms with Crippen LogP contribution in [0.4, 0.5) is 0 Å². The van der Waals surface area contributed by atoms with E-state index in [4.69, 9.17) is 0 Å². The van der Waals surface area contributed by atoms with Crippen LogP contribution in [0, 0.1) is 0 Å². The molecular weight excluding hydrogens is 340 g/mol. The molecule has 0 radical (unpaired) electrons. The van der Waals surface area contributed by atoms with Crippen molar-refractivity contribution < 1.29 is 8.42 Å². The summed E-state index contributed by atoms with van der Waals surface area (Å²) < 4.78 is 23.3. The van der Waals surface area contributed by atoms with E-state index in [0.29, 0.717) is 0 Å². The highest BCUT2D eigenvalue weighted by atomic mass is 32.2. The number of benzene rings is 2. The van der Waals surface area contributed by atoms with Crippen LogP contribution in [-0.4, -0.2) is 24.6 Å². The Morgan fingerprint density at radius 3 is 2.38 bits per heavy atom. The molecular formula is C18H14N2O2S2. The molecule has 0 aliphatic carbocycles. The molecule has 0 bridgehead atoms. The minimum atomic E-state index is -3.23. The van der Waals surface area contributed by atoms with Gasteiger partial charge in [-0.2, -0.15) is 11.3 Å². The van der Waals surface area contributed by atoms with Crippen LogP contribution in [0.25, 0.3) is 33.5 Å². The van der Waals surface area contributed by atoms with Gasteiger partial charge in [0.25, 0.3) is 0 Å². The smallest absolute Gasteiger partial charge is 0.175 e. The van der Waals surface area contributed by atoms with Crippen molar-refractivity contribution in [2.45, 2.75) is 4.90 Å². The Morgan fingerprint density at radius 1 is 0.958 bits per heavy atom. The van der Waals surface area contributed by atoms with Crippen molar-refractivity contribution in [3.8, 4) is 22.5 Å². The van der Waals surface area contributed by atoms with Gasteiger partial charge in [0.1, 0.15) is 5.82 Å². The van der Waals surface area contributed by atoms with Gasteiger partial charge in [0.15, 0.2) is 9.84 Å². The summed E-state index contributed by atoms with van der Waals surface area (Å²) in [6, 6.07) is 15.2. The summed E-state index contributed by atoms with van der Waals surface area (Å²) in [7, 11) is -3.23. The second-order valence-electron chi connectivity index (χ2n) is 5.63. The molecule has 4 rings (SSSR count). The molecule has 24 heavy (non-hydrogen) atoms. The third-order valence-corrected chi connectivity index (χ3v) is 5.69. The average molecular weight is 354 g/mol. The van der Waals surface area contributed by atoms with E-state index in [1.54, 1.807) is 29.5 Å². The van der Waals surface area contributed by atoms with E-state index in [-0.39, 0.29) is 4.90 Å². The standard InChI is InChI=1S/C18H14N2O2S2/c1-24(21,22)15-6-7-16-17(10-15)20-18(19-16)13-4-2-12(3-5-13)14-8-9-23-11-14/h2-11H,1H3,(H,19,20). The second-order valence-corrected chi connectivity index (χ2v) is 8.42. The SMILES string of the molecule is CS(=O)(=O)c1ccc2nc(-c3ccc(-c4ccsc4)cc3)[nH]c2c1. The first-order valence-corrected chi connectivity index (χ1v) is 10.2. The van der Waals surface area contributed by atoms with E-state index in [1.807, 2.05) is 12.1 Å². The van der Waals surface area contributed by atoms with E-state index < -0.39 is 9.84 Å². The van der Waals surface area contributed by atoms with Crippen molar-refractivity contribution in [2.75, 3.05) is 6.26 Å². The number of H-pyrrole nitrogens is 1. The molecule has 0 fully saturated rings. The van der Waals surface area contributed by atoms with Crippen molar-refractivity contribution in [3.63, 3.8) is 0 Å². The third-order valence-electron chi connectivity index (χ3n) is 3.89. The van der Waals surface area contributed by atoms with Crippen LogP contribution in [0.5, 0.6) is 0 Å². The Hall–Kier alpha value is -2.44. The van der Waals surface area contributed by atoms with Crippen molar-refractivity contribution in [1.29, 1.82) is 0 Å². The van der Waals surface area contributed by atoms with Gasteiger partial charge in [0.05, 0.1) is 15.9 Å². The van der Waals surface area contributed by atoms with Crippen LogP contribution in [0.15, 0.2) is 64.2 Å². The average Bonchev–Trinajstić information content (AvgIpc) is 3.23. The molecule has 6 heteroatoms. The van der Waals surface area contributed by atoms with Crippen LogP contribution >= 0.6 is 11.3 Å². The van der Waals surface area contributed by atoms with Gasteiger partial charge in [-0.3, -0.25) is 0 Å². The number of thiophene rings is 1. The molecule has 0 saturated carbocycles. The Bertz CT molecular complexity index is 1110. The lowest BCUT2D eigenvalue weighted by atomic mass is 10.1. The monoisotopic (exact) mass is 354 g/mol. The van der Waals surface area contributed by atoms with Gasteiger partial charge < -0.3 is 4.98 Å². The molecule has 0 atom stereocenters. The molecule has 0 saturated heterocycles. The van der Waals surface area contributed by atoms with Gasteiger partial charge in [-0.15, -0.1) is 0 Å². The maximum atomic E-state index is 11.7. The fraction of sp³-hybridized carbons (Fsp3) is 0.0556. The fourth-order valence-electron chi connectivity index (χ4n) is 2.61. The van der Waals surface area contributed by atoms with E-state index in [9.17, 15) is 8.42 Å². The molecule has 120 valence electrons. The number of hydrogen-bond acceptors (Lipinski definition) is 4. The van der Waals surface area contributed by atoms with E-state index >= 15 is 0 Å². The number of rotatable bonds is 3. The normalized spacial score (nSPS) is 11.9. The summed E-state index contributed by atoms with van der Waals surface area (Å²) >= 11 is 1.67. The van der Waals surface area contributed by atoms with Crippen LogP contribution < -0.4 is 0 Å². The minimum absolute atomic E-state index is 0.290. The molecule has 0 amide bonds. The van der Waals surface area contributed by atoms with Gasteiger partial charge in [-0.05, 0) is 46.2 Å². The highest BCUT2D eigenvalue weighted by molar-refractivity contribution is 7.90. The van der Waals surface area contributed by atoms with Crippen LogP contribution in [0.3, 0.4) is 0 Å². The molecule has 2 heterocycles. The number of fused-ring (bicyclic) bond motifs is 1. The van der Waals surface area contributed by atoms with Crippen molar-refractivity contribution in [2.24, 2.45) is 0 Å². The first-order chi connectivity index (χ1) is 11.5. The number of aromatic nitrogens is 2.